The number of amides is 1. The van der Waals surface area contributed by atoms with Gasteiger partial charge >= 0.3 is 5.69 Å². The summed E-state index contributed by atoms with van der Waals surface area (Å²) in [7, 11) is 0. The van der Waals surface area contributed by atoms with Crippen molar-refractivity contribution >= 4 is 23.2 Å². The number of nitro groups is 1. The van der Waals surface area contributed by atoms with Gasteiger partial charge in [0, 0.05) is 19.3 Å². The summed E-state index contributed by atoms with van der Waals surface area (Å²) in [6.45, 7) is 0.155. The highest BCUT2D eigenvalue weighted by atomic mass is 35.5. The van der Waals surface area contributed by atoms with E-state index < -0.39 is 16.5 Å². The van der Waals surface area contributed by atoms with E-state index in [2.05, 4.69) is 4.98 Å². The van der Waals surface area contributed by atoms with E-state index in [-0.39, 0.29) is 36.6 Å². The molecule has 0 saturated carbocycles. The van der Waals surface area contributed by atoms with Gasteiger partial charge in [-0.05, 0) is 6.07 Å². The molecule has 0 spiro atoms. The Morgan fingerprint density at radius 3 is 2.43 bits per heavy atom. The minimum atomic E-state index is -0.782. The minimum Gasteiger partial charge on any atom is -0.336 e. The molecule has 1 amide bonds. The van der Waals surface area contributed by atoms with E-state index in [1.54, 1.807) is 0 Å². The van der Waals surface area contributed by atoms with Crippen molar-refractivity contribution in [3.63, 3.8) is 0 Å². The van der Waals surface area contributed by atoms with E-state index in [1.165, 1.54) is 17.2 Å². The van der Waals surface area contributed by atoms with Crippen LogP contribution in [0.25, 0.3) is 0 Å². The summed E-state index contributed by atoms with van der Waals surface area (Å²) >= 11 is 5.65. The molecule has 0 N–H and O–H groups in total. The second kappa shape index (κ2) is 7.78. The molecule has 0 atom stereocenters. The maximum absolute atomic E-state index is 12.4. The molecule has 1 heterocycles. The smallest absolute Gasteiger partial charge is 0.319 e. The van der Waals surface area contributed by atoms with Crippen LogP contribution in [0.1, 0.15) is 23.2 Å². The molecule has 8 nitrogen and oxygen atoms in total. The van der Waals surface area contributed by atoms with Gasteiger partial charge in [-0.15, -0.1) is 0 Å². The fourth-order valence-corrected chi connectivity index (χ4v) is 1.86. The van der Waals surface area contributed by atoms with Gasteiger partial charge < -0.3 is 4.90 Å². The molecule has 108 valence electrons. The molecule has 21 heavy (non-hydrogen) atoms. The Balaban J connectivity index is 3.15. The van der Waals surface area contributed by atoms with Gasteiger partial charge in [-0.1, -0.05) is 11.6 Å². The molecule has 0 aromatic carbocycles. The SMILES string of the molecule is N#CCCN(CCC#N)C(=O)c1ccnc(Cl)c1[N+](=O)[O-]. The maximum atomic E-state index is 12.4. The molecule has 0 fully saturated rings. The van der Waals surface area contributed by atoms with E-state index in [0.29, 0.717) is 0 Å². The van der Waals surface area contributed by atoms with Crippen LogP contribution >= 0.6 is 11.6 Å². The monoisotopic (exact) mass is 307 g/mol. The van der Waals surface area contributed by atoms with Gasteiger partial charge in [0.2, 0.25) is 5.15 Å². The van der Waals surface area contributed by atoms with Gasteiger partial charge in [-0.25, -0.2) is 4.98 Å². The topological polar surface area (TPSA) is 124 Å². The lowest BCUT2D eigenvalue weighted by atomic mass is 10.2. The third-order valence-corrected chi connectivity index (χ3v) is 2.84. The van der Waals surface area contributed by atoms with Crippen molar-refractivity contribution in [3.05, 3.63) is 33.1 Å². The van der Waals surface area contributed by atoms with Gasteiger partial charge in [0.15, 0.2) is 0 Å². The molecule has 1 rings (SSSR count). The highest BCUT2D eigenvalue weighted by Crippen LogP contribution is 2.27. The molecule has 0 aliphatic rings. The lowest BCUT2D eigenvalue weighted by molar-refractivity contribution is -0.385. The lowest BCUT2D eigenvalue weighted by Gasteiger charge is -2.20. The predicted molar refractivity (Wildman–Crippen MR) is 72.3 cm³/mol. The third-order valence-electron chi connectivity index (χ3n) is 2.57. The molecule has 0 bridgehead atoms. The molecule has 1 aromatic rings. The van der Waals surface area contributed by atoms with E-state index in [1.807, 2.05) is 12.1 Å². The minimum absolute atomic E-state index is 0.0593. The van der Waals surface area contributed by atoms with Gasteiger partial charge in [0.1, 0.15) is 5.56 Å². The second-order valence-corrected chi connectivity index (χ2v) is 4.22. The summed E-state index contributed by atoms with van der Waals surface area (Å²) in [5, 5.41) is 27.8. The number of nitrogens with zero attached hydrogens (tertiary/aromatic N) is 5. The van der Waals surface area contributed by atoms with Crippen LogP contribution in [0, 0.1) is 32.8 Å². The number of hydrogen-bond donors (Lipinski definition) is 0. The summed E-state index contributed by atoms with van der Waals surface area (Å²) in [6, 6.07) is 4.95. The largest absolute Gasteiger partial charge is 0.336 e. The van der Waals surface area contributed by atoms with Gasteiger partial charge in [0.25, 0.3) is 5.91 Å². The van der Waals surface area contributed by atoms with Crippen molar-refractivity contribution in [2.75, 3.05) is 13.1 Å². The zero-order valence-corrected chi connectivity index (χ0v) is 11.6. The summed E-state index contributed by atoms with van der Waals surface area (Å²) in [5.74, 6) is -0.656. The normalized spacial score (nSPS) is 9.48. The Bertz CT molecular complexity index is 617. The van der Waals surface area contributed by atoms with Crippen LogP contribution in [0.15, 0.2) is 12.3 Å². The lowest BCUT2D eigenvalue weighted by Crippen LogP contribution is -2.33. The molecule has 0 unspecified atom stereocenters. The van der Waals surface area contributed by atoms with Crippen LogP contribution in [0.4, 0.5) is 5.69 Å². The van der Waals surface area contributed by atoms with E-state index >= 15 is 0 Å². The van der Waals surface area contributed by atoms with Crippen LogP contribution in [-0.2, 0) is 0 Å². The first-order valence-electron chi connectivity index (χ1n) is 5.85. The van der Waals surface area contributed by atoms with Gasteiger partial charge in [0.05, 0.1) is 29.9 Å². The highest BCUT2D eigenvalue weighted by Gasteiger charge is 2.27. The van der Waals surface area contributed by atoms with Crippen LogP contribution < -0.4 is 0 Å². The van der Waals surface area contributed by atoms with E-state index in [0.717, 1.165) is 0 Å². The van der Waals surface area contributed by atoms with Crippen LogP contribution in [0.5, 0.6) is 0 Å². The fourth-order valence-electron chi connectivity index (χ4n) is 1.63. The number of rotatable bonds is 6. The average Bonchev–Trinajstić information content (AvgIpc) is 2.46. The molecule has 1 aromatic heterocycles. The fraction of sp³-hybridized carbons (Fsp3) is 0.333. The van der Waals surface area contributed by atoms with Crippen LogP contribution in [0.2, 0.25) is 5.15 Å². The first-order chi connectivity index (χ1) is 10.0. The molecule has 0 saturated heterocycles. The molecular formula is C12H10ClN5O3. The highest BCUT2D eigenvalue weighted by molar-refractivity contribution is 6.32. The average molecular weight is 308 g/mol. The summed E-state index contributed by atoms with van der Waals surface area (Å²) in [4.78, 5) is 27.4. The Kier molecular flexibility index (Phi) is 6.05. The number of carbonyl (C=O) groups is 1. The first-order valence-corrected chi connectivity index (χ1v) is 6.22. The Morgan fingerprint density at radius 2 is 1.95 bits per heavy atom. The van der Waals surface area contributed by atoms with E-state index in [9.17, 15) is 14.9 Å². The summed E-state index contributed by atoms with van der Waals surface area (Å²) in [6.07, 6.45) is 1.31. The second-order valence-electron chi connectivity index (χ2n) is 3.86. The summed E-state index contributed by atoms with van der Waals surface area (Å²) in [5.41, 5.74) is -0.793. The zero-order chi connectivity index (χ0) is 15.8. The van der Waals surface area contributed by atoms with Gasteiger partial charge in [-0.2, -0.15) is 10.5 Å². The molecule has 0 aliphatic heterocycles. The van der Waals surface area contributed by atoms with Crippen molar-refractivity contribution in [3.8, 4) is 12.1 Å². The predicted octanol–water partition coefficient (Wildman–Crippen LogP) is 1.91. The number of aromatic nitrogens is 1. The molecule has 9 heteroatoms. The molecule has 0 radical (unpaired) electrons. The molecule has 0 aliphatic carbocycles. The number of nitriles is 2. The quantitative estimate of drug-likeness (QED) is 0.449. The van der Waals surface area contributed by atoms with Crippen LogP contribution in [-0.4, -0.2) is 33.8 Å². The number of halogens is 1. The number of hydrogen-bond acceptors (Lipinski definition) is 6. The molecular weight excluding hydrogens is 298 g/mol. The van der Waals surface area contributed by atoms with Crippen molar-refractivity contribution in [2.24, 2.45) is 0 Å². The standard InChI is InChI=1S/C12H10ClN5O3/c13-11-10(18(20)21)9(3-6-16-11)12(19)17(7-1-4-14)8-2-5-15/h3,6H,1-2,7-8H2. The number of pyridine rings is 1. The maximum Gasteiger partial charge on any atom is 0.319 e. The Hall–Kier alpha value is -2.71. The van der Waals surface area contributed by atoms with Crippen molar-refractivity contribution < 1.29 is 9.72 Å². The van der Waals surface area contributed by atoms with Crippen molar-refractivity contribution in [2.45, 2.75) is 12.8 Å². The number of carbonyl (C=O) groups excluding carboxylic acids is 1. The summed E-state index contributed by atoms with van der Waals surface area (Å²) < 4.78 is 0. The zero-order valence-electron chi connectivity index (χ0n) is 10.8. The van der Waals surface area contributed by atoms with Crippen molar-refractivity contribution in [1.82, 2.24) is 9.88 Å². The van der Waals surface area contributed by atoms with Crippen molar-refractivity contribution in [1.29, 1.82) is 10.5 Å². The first kappa shape index (κ1) is 16.3. The Morgan fingerprint density at radius 1 is 1.38 bits per heavy atom. The van der Waals surface area contributed by atoms with Crippen LogP contribution in [0.3, 0.4) is 0 Å². The van der Waals surface area contributed by atoms with Gasteiger partial charge in [-0.3, -0.25) is 14.9 Å². The Labute approximate surface area is 125 Å². The van der Waals surface area contributed by atoms with E-state index in [4.69, 9.17) is 22.1 Å². The third kappa shape index (κ3) is 4.13.